The summed E-state index contributed by atoms with van der Waals surface area (Å²) in [6, 6.07) is 9.98. The van der Waals surface area contributed by atoms with E-state index in [2.05, 4.69) is 5.32 Å². The van der Waals surface area contributed by atoms with Gasteiger partial charge >= 0.3 is 0 Å². The molecule has 1 aliphatic rings. The van der Waals surface area contributed by atoms with Crippen molar-refractivity contribution in [3.63, 3.8) is 0 Å². The van der Waals surface area contributed by atoms with Gasteiger partial charge in [0, 0.05) is 24.5 Å². The van der Waals surface area contributed by atoms with Crippen LogP contribution in [0.25, 0.3) is 11.0 Å². The molecule has 1 fully saturated rings. The minimum absolute atomic E-state index is 0.0163. The van der Waals surface area contributed by atoms with Crippen LogP contribution in [0.4, 0.5) is 0 Å². The third kappa shape index (κ3) is 2.56. The highest BCUT2D eigenvalue weighted by atomic mass is 16.3. The second-order valence-corrected chi connectivity index (χ2v) is 5.29. The van der Waals surface area contributed by atoms with Gasteiger partial charge in [0.2, 0.25) is 0 Å². The Hall–Kier alpha value is -1.81. The number of furan rings is 1. The number of hydrogen-bond donors (Lipinski definition) is 1. The molecular weight excluding hydrogens is 252 g/mol. The van der Waals surface area contributed by atoms with Crippen molar-refractivity contribution in [3.05, 3.63) is 36.1 Å². The van der Waals surface area contributed by atoms with Gasteiger partial charge in [-0.2, -0.15) is 0 Å². The quantitative estimate of drug-likeness (QED) is 0.930. The lowest BCUT2D eigenvalue weighted by molar-refractivity contribution is 0.0721. The van der Waals surface area contributed by atoms with Crippen molar-refractivity contribution in [1.82, 2.24) is 10.2 Å². The van der Waals surface area contributed by atoms with Crippen LogP contribution in [0.2, 0.25) is 0 Å². The Labute approximate surface area is 118 Å². The lowest BCUT2D eigenvalue weighted by atomic mass is 10.2. The van der Waals surface area contributed by atoms with E-state index < -0.39 is 0 Å². The highest BCUT2D eigenvalue weighted by Crippen LogP contribution is 2.20. The van der Waals surface area contributed by atoms with Crippen LogP contribution in [0, 0.1) is 0 Å². The fourth-order valence-corrected chi connectivity index (χ4v) is 2.78. The van der Waals surface area contributed by atoms with Crippen LogP contribution < -0.4 is 5.32 Å². The van der Waals surface area contributed by atoms with E-state index in [-0.39, 0.29) is 5.91 Å². The number of nitrogens with one attached hydrogen (secondary N) is 1. The number of carbonyl (C=O) groups is 1. The van der Waals surface area contributed by atoms with Crippen LogP contribution in [0.15, 0.2) is 34.7 Å². The zero-order valence-corrected chi connectivity index (χ0v) is 11.8. The number of hydrogen-bond acceptors (Lipinski definition) is 3. The number of nitrogens with zero attached hydrogens (tertiary/aromatic N) is 1. The molecule has 1 amide bonds. The highest BCUT2D eigenvalue weighted by Gasteiger charge is 2.23. The van der Waals surface area contributed by atoms with Crippen LogP contribution in [0.5, 0.6) is 0 Å². The Balaban J connectivity index is 1.78. The lowest BCUT2D eigenvalue weighted by Crippen LogP contribution is -2.40. The first-order valence-corrected chi connectivity index (χ1v) is 7.29. The van der Waals surface area contributed by atoms with Gasteiger partial charge in [-0.15, -0.1) is 0 Å². The average Bonchev–Trinajstić information content (AvgIpc) is 3.12. The first kappa shape index (κ1) is 13.2. The van der Waals surface area contributed by atoms with E-state index in [9.17, 15) is 4.79 Å². The fourth-order valence-electron chi connectivity index (χ4n) is 2.78. The zero-order valence-electron chi connectivity index (χ0n) is 11.8. The minimum atomic E-state index is -0.0163. The highest BCUT2D eigenvalue weighted by molar-refractivity contribution is 5.96. The molecule has 20 heavy (non-hydrogen) atoms. The molecule has 0 radical (unpaired) electrons. The lowest BCUT2D eigenvalue weighted by Gasteiger charge is -2.23. The summed E-state index contributed by atoms with van der Waals surface area (Å²) in [5.74, 6) is 0.420. The van der Waals surface area contributed by atoms with E-state index in [4.69, 9.17) is 4.42 Å². The molecule has 0 bridgehead atoms. The van der Waals surface area contributed by atoms with Crippen LogP contribution in [0.3, 0.4) is 0 Å². The molecule has 2 heterocycles. The van der Waals surface area contributed by atoms with Gasteiger partial charge in [-0.1, -0.05) is 18.2 Å². The van der Waals surface area contributed by atoms with Gasteiger partial charge in [0.1, 0.15) is 5.58 Å². The van der Waals surface area contributed by atoms with Gasteiger partial charge in [-0.3, -0.25) is 4.79 Å². The molecule has 1 aromatic heterocycles. The van der Waals surface area contributed by atoms with Crippen molar-refractivity contribution in [3.8, 4) is 0 Å². The number of rotatable bonds is 4. The van der Waals surface area contributed by atoms with E-state index in [0.717, 1.165) is 30.5 Å². The molecule has 2 aromatic rings. The molecule has 0 aliphatic carbocycles. The number of fused-ring (bicyclic) bond motifs is 1. The fraction of sp³-hybridized carbons (Fsp3) is 0.438. The van der Waals surface area contributed by atoms with E-state index in [1.54, 1.807) is 0 Å². The van der Waals surface area contributed by atoms with Crippen molar-refractivity contribution >= 4 is 16.9 Å². The molecule has 4 nitrogen and oxygen atoms in total. The summed E-state index contributed by atoms with van der Waals surface area (Å²) in [6.07, 6.45) is 2.34. The average molecular weight is 272 g/mol. The van der Waals surface area contributed by atoms with Gasteiger partial charge in [0.15, 0.2) is 5.76 Å². The summed E-state index contributed by atoms with van der Waals surface area (Å²) < 4.78 is 5.67. The summed E-state index contributed by atoms with van der Waals surface area (Å²) in [7, 11) is 0. The minimum Gasteiger partial charge on any atom is -0.451 e. The van der Waals surface area contributed by atoms with E-state index in [1.165, 1.54) is 6.42 Å². The van der Waals surface area contributed by atoms with E-state index in [0.29, 0.717) is 18.3 Å². The molecule has 1 unspecified atom stereocenters. The monoisotopic (exact) mass is 272 g/mol. The molecule has 3 rings (SSSR count). The first-order chi connectivity index (χ1) is 9.78. The normalized spacial score (nSPS) is 18.6. The van der Waals surface area contributed by atoms with Crippen LogP contribution >= 0.6 is 0 Å². The second kappa shape index (κ2) is 5.67. The van der Waals surface area contributed by atoms with Crippen molar-refractivity contribution < 1.29 is 9.21 Å². The Kier molecular flexibility index (Phi) is 3.74. The van der Waals surface area contributed by atoms with Crippen molar-refractivity contribution in [2.75, 3.05) is 19.6 Å². The maximum absolute atomic E-state index is 12.5. The third-order valence-corrected chi connectivity index (χ3v) is 3.91. The van der Waals surface area contributed by atoms with E-state index in [1.807, 2.05) is 42.2 Å². The molecule has 0 spiro atoms. The molecule has 1 aromatic carbocycles. The summed E-state index contributed by atoms with van der Waals surface area (Å²) in [6.45, 7) is 4.52. The number of amides is 1. The predicted octanol–water partition coefficient (Wildman–Crippen LogP) is 2.65. The molecule has 1 aliphatic heterocycles. The van der Waals surface area contributed by atoms with Crippen LogP contribution in [0.1, 0.15) is 30.3 Å². The predicted molar refractivity (Wildman–Crippen MR) is 78.8 cm³/mol. The largest absolute Gasteiger partial charge is 0.451 e. The maximum atomic E-state index is 12.5. The Morgan fingerprint density at radius 1 is 1.45 bits per heavy atom. The number of carbonyl (C=O) groups excluding carboxylic acids is 1. The number of likely N-dealkylation sites (N-methyl/N-ethyl adjacent to an activating group) is 1. The zero-order chi connectivity index (χ0) is 13.9. The van der Waals surface area contributed by atoms with Gasteiger partial charge in [-0.05, 0) is 38.4 Å². The molecule has 1 saturated heterocycles. The second-order valence-electron chi connectivity index (χ2n) is 5.29. The van der Waals surface area contributed by atoms with Gasteiger partial charge in [-0.25, -0.2) is 0 Å². The summed E-state index contributed by atoms with van der Waals surface area (Å²) >= 11 is 0. The Morgan fingerprint density at radius 3 is 3.00 bits per heavy atom. The molecule has 0 saturated carbocycles. The van der Waals surface area contributed by atoms with Gasteiger partial charge in [0.25, 0.3) is 5.91 Å². The number of para-hydroxylation sites is 1. The van der Waals surface area contributed by atoms with Crippen LogP contribution in [-0.2, 0) is 0 Å². The number of benzene rings is 1. The van der Waals surface area contributed by atoms with Crippen molar-refractivity contribution in [2.24, 2.45) is 0 Å². The van der Waals surface area contributed by atoms with Gasteiger partial charge < -0.3 is 14.6 Å². The topological polar surface area (TPSA) is 45.5 Å². The Bertz CT molecular complexity index is 566. The summed E-state index contributed by atoms with van der Waals surface area (Å²) in [4.78, 5) is 14.4. The molecular formula is C16H20N2O2. The molecule has 106 valence electrons. The standard InChI is InChI=1S/C16H20N2O2/c1-2-18(11-13-7-5-9-17-13)16(19)15-10-12-6-3-4-8-14(12)20-15/h3-4,6,8,10,13,17H,2,5,7,9,11H2,1H3. The summed E-state index contributed by atoms with van der Waals surface area (Å²) in [5.41, 5.74) is 0.769. The van der Waals surface area contributed by atoms with Gasteiger partial charge in [0.05, 0.1) is 0 Å². The van der Waals surface area contributed by atoms with Crippen molar-refractivity contribution in [2.45, 2.75) is 25.8 Å². The Morgan fingerprint density at radius 2 is 2.30 bits per heavy atom. The first-order valence-electron chi connectivity index (χ1n) is 7.29. The molecule has 1 atom stereocenters. The van der Waals surface area contributed by atoms with Crippen molar-refractivity contribution in [1.29, 1.82) is 0 Å². The molecule has 1 N–H and O–H groups in total. The van der Waals surface area contributed by atoms with E-state index >= 15 is 0 Å². The smallest absolute Gasteiger partial charge is 0.289 e. The third-order valence-electron chi connectivity index (χ3n) is 3.91. The maximum Gasteiger partial charge on any atom is 0.289 e. The van der Waals surface area contributed by atoms with Crippen LogP contribution in [-0.4, -0.2) is 36.5 Å². The molecule has 4 heteroatoms. The summed E-state index contributed by atoms with van der Waals surface area (Å²) in [5, 5.41) is 4.41. The SMILES string of the molecule is CCN(CC1CCCN1)C(=O)c1cc2ccccc2o1.